The molecule has 1 N–H and O–H groups in total. The van der Waals surface area contributed by atoms with Gasteiger partial charge < -0.3 is 14.7 Å². The number of aliphatic carboxylic acids is 1. The Kier molecular flexibility index (Phi) is 3.69. The Labute approximate surface area is 123 Å². The van der Waals surface area contributed by atoms with Crippen molar-refractivity contribution in [3.05, 3.63) is 18.0 Å². The predicted octanol–water partition coefficient (Wildman–Crippen LogP) is 1.61. The number of carbonyl (C=O) groups is 2. The van der Waals surface area contributed by atoms with Gasteiger partial charge in [0.25, 0.3) is 0 Å². The lowest BCUT2D eigenvalue weighted by atomic mass is 9.86. The van der Waals surface area contributed by atoms with Crippen molar-refractivity contribution in [1.29, 1.82) is 0 Å². The Hall–Kier alpha value is -2.05. The average molecular weight is 295 g/mol. The largest absolute Gasteiger partial charge is 0.481 e. The van der Waals surface area contributed by atoms with Gasteiger partial charge in [0.2, 0.25) is 0 Å². The van der Waals surface area contributed by atoms with Crippen LogP contribution < -0.4 is 0 Å². The number of aromatic nitrogens is 2. The first kappa shape index (κ1) is 15.3. The summed E-state index contributed by atoms with van der Waals surface area (Å²) in [6.45, 7) is 7.86. The summed E-state index contributed by atoms with van der Waals surface area (Å²) in [4.78, 5) is 24.6. The zero-order chi connectivity index (χ0) is 15.8. The number of nitrogens with zero attached hydrogens (tertiary/aromatic N) is 3. The van der Waals surface area contributed by atoms with E-state index < -0.39 is 23.2 Å². The number of aryl methyl sites for hydroxylation is 1. The summed E-state index contributed by atoms with van der Waals surface area (Å²) in [6.07, 6.45) is 2.98. The summed E-state index contributed by atoms with van der Waals surface area (Å²) < 4.78 is 6.94. The smallest absolute Gasteiger partial charge is 0.410 e. The van der Waals surface area contributed by atoms with Crippen LogP contribution in [0.3, 0.4) is 0 Å². The number of hydrogen-bond acceptors (Lipinski definition) is 4. The quantitative estimate of drug-likeness (QED) is 0.915. The van der Waals surface area contributed by atoms with Gasteiger partial charge in [0, 0.05) is 6.20 Å². The van der Waals surface area contributed by atoms with Gasteiger partial charge in [0.15, 0.2) is 0 Å². The van der Waals surface area contributed by atoms with E-state index in [1.807, 2.05) is 6.92 Å². The van der Waals surface area contributed by atoms with Gasteiger partial charge in [-0.25, -0.2) is 4.79 Å². The van der Waals surface area contributed by atoms with Crippen molar-refractivity contribution in [2.75, 3.05) is 13.1 Å². The molecule has 0 radical (unpaired) electrons. The van der Waals surface area contributed by atoms with Crippen LogP contribution in [0.1, 0.15) is 32.8 Å². The number of rotatable bonds is 3. The summed E-state index contributed by atoms with van der Waals surface area (Å²) >= 11 is 0. The number of carbonyl (C=O) groups excluding carboxylic acids is 1. The van der Waals surface area contributed by atoms with Crippen LogP contribution in [0.5, 0.6) is 0 Å². The molecule has 1 aromatic rings. The Morgan fingerprint density at radius 3 is 2.48 bits per heavy atom. The summed E-state index contributed by atoms with van der Waals surface area (Å²) in [5.74, 6) is -0.910. The molecular weight excluding hydrogens is 274 g/mol. The van der Waals surface area contributed by atoms with Crippen LogP contribution in [0.15, 0.2) is 12.4 Å². The van der Waals surface area contributed by atoms with Gasteiger partial charge in [-0.3, -0.25) is 9.48 Å². The molecule has 7 nitrogen and oxygen atoms in total. The van der Waals surface area contributed by atoms with Crippen molar-refractivity contribution in [2.24, 2.45) is 0 Å². The van der Waals surface area contributed by atoms with Crippen LogP contribution in [-0.2, 0) is 15.1 Å². The van der Waals surface area contributed by atoms with Crippen LogP contribution in [0, 0.1) is 6.92 Å². The van der Waals surface area contributed by atoms with Crippen LogP contribution in [0.2, 0.25) is 0 Å². The molecule has 2 rings (SSSR count). The van der Waals surface area contributed by atoms with Crippen molar-refractivity contribution in [3.63, 3.8) is 0 Å². The highest BCUT2D eigenvalue weighted by molar-refractivity contribution is 5.72. The van der Waals surface area contributed by atoms with Crippen molar-refractivity contribution in [2.45, 2.75) is 45.3 Å². The average Bonchev–Trinajstić information content (AvgIpc) is 2.66. The Morgan fingerprint density at radius 1 is 1.43 bits per heavy atom. The van der Waals surface area contributed by atoms with Crippen LogP contribution in [-0.4, -0.2) is 50.5 Å². The molecule has 116 valence electrons. The summed E-state index contributed by atoms with van der Waals surface area (Å²) in [7, 11) is 0. The maximum absolute atomic E-state index is 12.0. The molecular formula is C14H21N3O4. The molecule has 21 heavy (non-hydrogen) atoms. The highest BCUT2D eigenvalue weighted by atomic mass is 16.6. The third kappa shape index (κ3) is 3.34. The van der Waals surface area contributed by atoms with Crippen molar-refractivity contribution >= 4 is 12.1 Å². The summed E-state index contributed by atoms with van der Waals surface area (Å²) in [6, 6.07) is 0. The molecule has 0 spiro atoms. The van der Waals surface area contributed by atoms with E-state index >= 15 is 0 Å². The fourth-order valence-corrected chi connectivity index (χ4v) is 2.41. The lowest BCUT2D eigenvalue weighted by Gasteiger charge is -2.49. The van der Waals surface area contributed by atoms with Crippen LogP contribution >= 0.6 is 0 Å². The lowest BCUT2D eigenvalue weighted by Crippen LogP contribution is -2.65. The molecule has 1 aliphatic rings. The monoisotopic (exact) mass is 295 g/mol. The minimum Gasteiger partial charge on any atom is -0.481 e. The van der Waals surface area contributed by atoms with E-state index in [1.165, 1.54) is 4.90 Å². The third-order valence-electron chi connectivity index (χ3n) is 3.30. The standard InChI is InChI=1S/C14H21N3O4/c1-10-6-15-17(7-10)14(5-11(18)19)8-16(9-14)12(20)21-13(2,3)4/h6-7H,5,8-9H2,1-4H3,(H,18,19). The van der Waals surface area contributed by atoms with Gasteiger partial charge in [0.05, 0.1) is 25.7 Å². The maximum atomic E-state index is 12.0. The van der Waals surface area contributed by atoms with E-state index in [9.17, 15) is 9.59 Å². The molecule has 0 saturated carbocycles. The predicted molar refractivity (Wildman–Crippen MR) is 75.0 cm³/mol. The molecule has 1 saturated heterocycles. The van der Waals surface area contributed by atoms with Crippen LogP contribution in [0.4, 0.5) is 4.79 Å². The zero-order valence-corrected chi connectivity index (χ0v) is 12.8. The first-order valence-electron chi connectivity index (χ1n) is 6.83. The molecule has 1 aliphatic heterocycles. The number of amides is 1. The Bertz CT molecular complexity index is 553. The first-order chi connectivity index (χ1) is 9.61. The molecule has 7 heteroatoms. The second-order valence-electron chi connectivity index (χ2n) is 6.59. The van der Waals surface area contributed by atoms with Crippen molar-refractivity contribution in [3.8, 4) is 0 Å². The van der Waals surface area contributed by atoms with E-state index in [0.717, 1.165) is 5.56 Å². The molecule has 2 heterocycles. The Morgan fingerprint density at radius 2 is 2.05 bits per heavy atom. The van der Waals surface area contributed by atoms with E-state index in [2.05, 4.69) is 5.10 Å². The fourth-order valence-electron chi connectivity index (χ4n) is 2.41. The molecule has 0 bridgehead atoms. The summed E-state index contributed by atoms with van der Waals surface area (Å²) in [5.41, 5.74) is -0.294. The number of ether oxygens (including phenoxy) is 1. The summed E-state index contributed by atoms with van der Waals surface area (Å²) in [5, 5.41) is 13.3. The van der Waals surface area contributed by atoms with Crippen molar-refractivity contribution < 1.29 is 19.4 Å². The van der Waals surface area contributed by atoms with Gasteiger partial charge in [0.1, 0.15) is 11.1 Å². The highest BCUT2D eigenvalue weighted by Crippen LogP contribution is 2.33. The second-order valence-corrected chi connectivity index (χ2v) is 6.59. The maximum Gasteiger partial charge on any atom is 0.410 e. The topological polar surface area (TPSA) is 84.7 Å². The van der Waals surface area contributed by atoms with E-state index in [4.69, 9.17) is 9.84 Å². The van der Waals surface area contributed by atoms with Gasteiger partial charge in [-0.1, -0.05) is 0 Å². The molecule has 0 aliphatic carbocycles. The van der Waals surface area contributed by atoms with Crippen molar-refractivity contribution in [1.82, 2.24) is 14.7 Å². The molecule has 1 fully saturated rings. The normalized spacial score (nSPS) is 17.2. The molecule has 0 unspecified atom stereocenters. The molecule has 0 atom stereocenters. The number of carboxylic acid groups (broad SMARTS) is 1. The van der Waals surface area contributed by atoms with Gasteiger partial charge >= 0.3 is 12.1 Å². The van der Waals surface area contributed by atoms with Gasteiger partial charge in [-0.2, -0.15) is 5.10 Å². The zero-order valence-electron chi connectivity index (χ0n) is 12.8. The van der Waals surface area contributed by atoms with Gasteiger partial charge in [-0.05, 0) is 33.3 Å². The third-order valence-corrected chi connectivity index (χ3v) is 3.30. The number of hydrogen-bond donors (Lipinski definition) is 1. The SMILES string of the molecule is Cc1cnn(C2(CC(=O)O)CN(C(=O)OC(C)(C)C)C2)c1. The van der Waals surface area contributed by atoms with Gasteiger partial charge in [-0.15, -0.1) is 0 Å². The van der Waals surface area contributed by atoms with Crippen LogP contribution in [0.25, 0.3) is 0 Å². The Balaban J connectivity index is 2.10. The molecule has 1 amide bonds. The van der Waals surface area contributed by atoms with E-state index in [0.29, 0.717) is 0 Å². The molecule has 0 aromatic carbocycles. The lowest BCUT2D eigenvalue weighted by molar-refractivity contribution is -0.143. The second kappa shape index (κ2) is 5.05. The number of carboxylic acids is 1. The highest BCUT2D eigenvalue weighted by Gasteiger charge is 2.50. The van der Waals surface area contributed by atoms with E-state index in [-0.39, 0.29) is 19.5 Å². The minimum atomic E-state index is -0.910. The number of likely N-dealkylation sites (tertiary alicyclic amines) is 1. The van der Waals surface area contributed by atoms with E-state index in [1.54, 1.807) is 37.8 Å². The minimum absolute atomic E-state index is 0.0760. The molecule has 1 aromatic heterocycles. The first-order valence-corrected chi connectivity index (χ1v) is 6.83. The fraction of sp³-hybridized carbons (Fsp3) is 0.643.